The zero-order valence-electron chi connectivity index (χ0n) is 13.8. The predicted molar refractivity (Wildman–Crippen MR) is 81.2 cm³/mol. The van der Waals surface area contributed by atoms with Gasteiger partial charge in [-0.25, -0.2) is 9.59 Å². The van der Waals surface area contributed by atoms with Gasteiger partial charge in [0.15, 0.2) is 0 Å². The molecule has 0 rings (SSSR count). The van der Waals surface area contributed by atoms with Crippen LogP contribution in [0.4, 0.5) is 9.59 Å². The van der Waals surface area contributed by atoms with E-state index in [2.05, 4.69) is 0 Å². The number of imide groups is 1. The second-order valence-corrected chi connectivity index (χ2v) is 7.99. The molecule has 0 bridgehead atoms. The highest BCUT2D eigenvalue weighted by Crippen LogP contribution is 2.58. The van der Waals surface area contributed by atoms with Gasteiger partial charge in [0.05, 0.1) is 12.2 Å². The van der Waals surface area contributed by atoms with Crippen LogP contribution in [0.1, 0.15) is 48.0 Å². The molecule has 2 amide bonds. The third-order valence-corrected chi connectivity index (χ3v) is 5.08. The first-order chi connectivity index (χ1) is 9.90. The van der Waals surface area contributed by atoms with Crippen LogP contribution in [0.2, 0.25) is 0 Å². The number of carboxylic acid groups (broad SMARTS) is 2. The van der Waals surface area contributed by atoms with Crippen molar-refractivity contribution >= 4 is 19.8 Å². The molecule has 0 aliphatic heterocycles. The Balaban J connectivity index is 5.89. The monoisotopic (exact) mass is 339 g/mol. The fourth-order valence-corrected chi connectivity index (χ4v) is 4.55. The van der Waals surface area contributed by atoms with Gasteiger partial charge in [-0.15, -0.1) is 0 Å². The van der Waals surface area contributed by atoms with Gasteiger partial charge in [0.1, 0.15) is 5.78 Å². The molecule has 0 aromatic rings. The van der Waals surface area contributed by atoms with Crippen molar-refractivity contribution in [3.05, 3.63) is 0 Å². The Hall–Kier alpha value is -1.11. The van der Waals surface area contributed by atoms with E-state index >= 15 is 0 Å². The lowest BCUT2D eigenvalue weighted by molar-refractivity contribution is 0.0877. The number of carbonyl (C=O) groups is 2. The summed E-state index contributed by atoms with van der Waals surface area (Å²) in [5.41, 5.74) is 0. The Morgan fingerprint density at radius 3 is 1.55 bits per heavy atom. The number of nitrogens with zero attached hydrogens (tertiary/aromatic N) is 1. The van der Waals surface area contributed by atoms with E-state index in [1.165, 1.54) is 0 Å². The van der Waals surface area contributed by atoms with Crippen LogP contribution in [0.5, 0.6) is 0 Å². The van der Waals surface area contributed by atoms with Gasteiger partial charge in [-0.1, -0.05) is 13.8 Å². The van der Waals surface area contributed by atoms with Crippen molar-refractivity contribution in [2.45, 2.75) is 66.0 Å². The van der Waals surface area contributed by atoms with Crippen LogP contribution in [0.15, 0.2) is 0 Å². The minimum absolute atomic E-state index is 0.0370. The number of hydrogen-bond acceptors (Lipinski definition) is 5. The van der Waals surface area contributed by atoms with Crippen molar-refractivity contribution in [3.63, 3.8) is 0 Å². The highest BCUT2D eigenvalue weighted by atomic mass is 31.2. The molecule has 0 heterocycles. The van der Waals surface area contributed by atoms with Crippen LogP contribution in [0.3, 0.4) is 0 Å². The highest BCUT2D eigenvalue weighted by molar-refractivity contribution is 7.54. The van der Waals surface area contributed by atoms with Crippen LogP contribution in [0.25, 0.3) is 0 Å². The van der Waals surface area contributed by atoms with Crippen LogP contribution in [0, 0.1) is 5.92 Å². The smallest absolute Gasteiger partial charge is 0.417 e. The summed E-state index contributed by atoms with van der Waals surface area (Å²) in [5, 5.41) is 18.3. The van der Waals surface area contributed by atoms with Gasteiger partial charge in [0, 0.05) is 0 Å². The van der Waals surface area contributed by atoms with Crippen molar-refractivity contribution < 1.29 is 33.4 Å². The summed E-state index contributed by atoms with van der Waals surface area (Å²) in [5.74, 6) is -1.52. The van der Waals surface area contributed by atoms with E-state index in [9.17, 15) is 24.4 Å². The van der Waals surface area contributed by atoms with Crippen molar-refractivity contribution in [1.29, 1.82) is 0 Å². The third-order valence-electron chi connectivity index (χ3n) is 2.47. The molecule has 1 unspecified atom stereocenters. The van der Waals surface area contributed by atoms with E-state index in [0.717, 1.165) is 0 Å². The fraction of sp³-hybridized carbons (Fsp3) is 0.846. The second kappa shape index (κ2) is 8.50. The van der Waals surface area contributed by atoms with E-state index in [1.54, 1.807) is 41.5 Å². The Kier molecular flexibility index (Phi) is 8.07. The largest absolute Gasteiger partial charge is 0.464 e. The average Bonchev–Trinajstić information content (AvgIpc) is 2.23. The number of amides is 2. The molecule has 0 radical (unpaired) electrons. The SMILES string of the molecule is CC(C)CC(N(C(=O)O)C(=O)O)P(=O)(OC(C)C)OC(C)C. The molecule has 0 fully saturated rings. The van der Waals surface area contributed by atoms with Crippen LogP contribution in [-0.2, 0) is 13.6 Å². The summed E-state index contributed by atoms with van der Waals surface area (Å²) in [6.45, 7) is 10.0. The molecular weight excluding hydrogens is 313 g/mol. The van der Waals surface area contributed by atoms with E-state index in [1.807, 2.05) is 0 Å². The maximum atomic E-state index is 13.1. The minimum Gasteiger partial charge on any atom is -0.464 e. The molecule has 130 valence electrons. The number of hydrogen-bond donors (Lipinski definition) is 2. The van der Waals surface area contributed by atoms with Crippen LogP contribution >= 0.6 is 7.60 Å². The quantitative estimate of drug-likeness (QED) is 0.641. The summed E-state index contributed by atoms with van der Waals surface area (Å²) >= 11 is 0. The lowest BCUT2D eigenvalue weighted by Gasteiger charge is -2.34. The molecule has 0 spiro atoms. The maximum absolute atomic E-state index is 13.1. The summed E-state index contributed by atoms with van der Waals surface area (Å²) in [4.78, 5) is 22.7. The highest BCUT2D eigenvalue weighted by Gasteiger charge is 2.47. The van der Waals surface area contributed by atoms with Gasteiger partial charge >= 0.3 is 19.8 Å². The van der Waals surface area contributed by atoms with Crippen molar-refractivity contribution in [2.24, 2.45) is 5.92 Å². The lowest BCUT2D eigenvalue weighted by Crippen LogP contribution is -2.44. The maximum Gasteiger partial charge on any atom is 0.417 e. The molecule has 0 aliphatic rings. The van der Waals surface area contributed by atoms with Gasteiger partial charge in [0.25, 0.3) is 0 Å². The molecule has 8 nitrogen and oxygen atoms in total. The second-order valence-electron chi connectivity index (χ2n) is 5.89. The van der Waals surface area contributed by atoms with E-state index < -0.39 is 37.8 Å². The zero-order chi connectivity index (χ0) is 17.7. The number of rotatable bonds is 8. The first-order valence-electron chi connectivity index (χ1n) is 7.12. The first-order valence-corrected chi connectivity index (χ1v) is 8.73. The Labute approximate surface area is 130 Å². The Morgan fingerprint density at radius 2 is 1.32 bits per heavy atom. The van der Waals surface area contributed by atoms with Crippen molar-refractivity contribution in [1.82, 2.24) is 4.90 Å². The molecule has 0 aromatic heterocycles. The van der Waals surface area contributed by atoms with E-state index in [-0.39, 0.29) is 17.2 Å². The average molecular weight is 339 g/mol. The van der Waals surface area contributed by atoms with Gasteiger partial charge in [-0.2, -0.15) is 4.90 Å². The molecule has 22 heavy (non-hydrogen) atoms. The topological polar surface area (TPSA) is 113 Å². The van der Waals surface area contributed by atoms with Gasteiger partial charge in [-0.05, 0) is 40.0 Å². The zero-order valence-corrected chi connectivity index (χ0v) is 14.7. The van der Waals surface area contributed by atoms with E-state index in [4.69, 9.17) is 9.05 Å². The minimum atomic E-state index is -4.00. The molecule has 0 aliphatic carbocycles. The molecule has 1 atom stereocenters. The lowest BCUT2D eigenvalue weighted by atomic mass is 10.1. The molecule has 9 heteroatoms. The first kappa shape index (κ1) is 20.9. The van der Waals surface area contributed by atoms with E-state index in [0.29, 0.717) is 0 Å². The molecule has 0 saturated carbocycles. The van der Waals surface area contributed by atoms with Crippen molar-refractivity contribution in [3.8, 4) is 0 Å². The molecule has 2 N–H and O–H groups in total. The molecule has 0 saturated heterocycles. The summed E-state index contributed by atoms with van der Waals surface area (Å²) in [7, 11) is -4.00. The fourth-order valence-electron chi connectivity index (χ4n) is 1.89. The summed E-state index contributed by atoms with van der Waals surface area (Å²) < 4.78 is 23.8. The third kappa shape index (κ3) is 6.34. The van der Waals surface area contributed by atoms with Crippen LogP contribution < -0.4 is 0 Å². The normalized spacial score (nSPS) is 13.7. The summed E-state index contributed by atoms with van der Waals surface area (Å²) in [6.07, 6.45) is -4.40. The predicted octanol–water partition coefficient (Wildman–Crippen LogP) is 4.06. The molecule has 0 aromatic carbocycles. The Bertz CT molecular complexity index is 408. The van der Waals surface area contributed by atoms with Gasteiger partial charge in [0.2, 0.25) is 0 Å². The Morgan fingerprint density at radius 1 is 0.955 bits per heavy atom. The summed E-state index contributed by atoms with van der Waals surface area (Å²) in [6, 6.07) is 0. The van der Waals surface area contributed by atoms with Gasteiger partial charge < -0.3 is 19.3 Å². The standard InChI is InChI=1S/C13H26NO7P/c1-8(2)7-11(14(12(15)16)13(17)18)22(19,20-9(3)4)21-10(5)6/h8-11H,7H2,1-6H3,(H,15,16)(H,17,18). The van der Waals surface area contributed by atoms with Gasteiger partial charge in [-0.3, -0.25) is 4.57 Å². The van der Waals surface area contributed by atoms with Crippen molar-refractivity contribution in [2.75, 3.05) is 0 Å². The molecular formula is C13H26NO7P. The van der Waals surface area contributed by atoms with Crippen LogP contribution in [-0.4, -0.2) is 45.3 Å².